The van der Waals surface area contributed by atoms with Crippen LogP contribution in [0.5, 0.6) is 0 Å². The van der Waals surface area contributed by atoms with Gasteiger partial charge >= 0.3 is 0 Å². The highest BCUT2D eigenvalue weighted by Crippen LogP contribution is 2.22. The summed E-state index contributed by atoms with van der Waals surface area (Å²) >= 11 is 3.34. The molecule has 0 unspecified atom stereocenters. The van der Waals surface area contributed by atoms with E-state index in [0.717, 1.165) is 21.3 Å². The fourth-order valence-electron chi connectivity index (χ4n) is 1.94. The molecule has 3 N–H and O–H groups in total. The van der Waals surface area contributed by atoms with E-state index in [9.17, 15) is 4.79 Å². The van der Waals surface area contributed by atoms with E-state index in [1.807, 2.05) is 32.0 Å². The van der Waals surface area contributed by atoms with Gasteiger partial charge in [-0.05, 0) is 43.2 Å². The summed E-state index contributed by atoms with van der Waals surface area (Å²) in [7, 11) is 0. The smallest absolute Gasteiger partial charge is 0.255 e. The molecular weight excluding hydrogens is 304 g/mol. The molecule has 2 aromatic rings. The molecule has 2 rings (SSSR count). The van der Waals surface area contributed by atoms with Crippen LogP contribution in [0.1, 0.15) is 21.5 Å². The van der Waals surface area contributed by atoms with Crippen LogP contribution < -0.4 is 11.1 Å². The quantitative estimate of drug-likeness (QED) is 0.825. The Morgan fingerprint density at radius 1 is 1.16 bits per heavy atom. The van der Waals surface area contributed by atoms with Gasteiger partial charge in [0.15, 0.2) is 0 Å². The zero-order valence-corrected chi connectivity index (χ0v) is 12.4. The number of nitrogens with one attached hydrogen (secondary N) is 1. The molecule has 0 aromatic heterocycles. The Morgan fingerprint density at radius 2 is 1.79 bits per heavy atom. The van der Waals surface area contributed by atoms with Crippen molar-refractivity contribution in [2.75, 3.05) is 11.1 Å². The second-order valence-corrected chi connectivity index (χ2v) is 5.41. The summed E-state index contributed by atoms with van der Waals surface area (Å²) in [6, 6.07) is 11.1. The van der Waals surface area contributed by atoms with E-state index in [1.54, 1.807) is 18.2 Å². The first-order valence-electron chi connectivity index (χ1n) is 5.91. The van der Waals surface area contributed by atoms with Crippen molar-refractivity contribution in [1.29, 1.82) is 0 Å². The van der Waals surface area contributed by atoms with Crippen molar-refractivity contribution < 1.29 is 4.79 Å². The molecule has 0 fully saturated rings. The highest BCUT2D eigenvalue weighted by atomic mass is 79.9. The minimum Gasteiger partial charge on any atom is -0.399 e. The van der Waals surface area contributed by atoms with Crippen LogP contribution in [0, 0.1) is 13.8 Å². The normalized spacial score (nSPS) is 10.3. The molecule has 0 radical (unpaired) electrons. The number of carbonyl (C=O) groups excluding carboxylic acids is 1. The van der Waals surface area contributed by atoms with E-state index in [4.69, 9.17) is 5.73 Å². The summed E-state index contributed by atoms with van der Waals surface area (Å²) < 4.78 is 0.791. The predicted molar refractivity (Wildman–Crippen MR) is 82.4 cm³/mol. The van der Waals surface area contributed by atoms with E-state index < -0.39 is 0 Å². The lowest BCUT2D eigenvalue weighted by Gasteiger charge is -2.12. The van der Waals surface area contributed by atoms with Crippen LogP contribution in [0.2, 0.25) is 0 Å². The third kappa shape index (κ3) is 3.15. The maximum absolute atomic E-state index is 12.2. The lowest BCUT2D eigenvalue weighted by atomic mass is 10.1. The van der Waals surface area contributed by atoms with Gasteiger partial charge in [-0.25, -0.2) is 0 Å². The molecule has 0 saturated heterocycles. The molecular formula is C15H15BrN2O. The van der Waals surface area contributed by atoms with Crippen molar-refractivity contribution in [3.05, 3.63) is 57.6 Å². The number of para-hydroxylation sites is 1. The SMILES string of the molecule is Cc1cccc(C)c1NC(=O)c1cc(N)cc(Br)c1. The van der Waals surface area contributed by atoms with Gasteiger partial charge in [0.05, 0.1) is 0 Å². The van der Waals surface area contributed by atoms with E-state index in [0.29, 0.717) is 11.3 Å². The average molecular weight is 319 g/mol. The van der Waals surface area contributed by atoms with Crippen LogP contribution in [-0.2, 0) is 0 Å². The van der Waals surface area contributed by atoms with Crippen LogP contribution in [-0.4, -0.2) is 5.91 Å². The Kier molecular flexibility index (Phi) is 3.90. The molecule has 0 aliphatic heterocycles. The molecule has 0 bridgehead atoms. The number of rotatable bonds is 2. The summed E-state index contributed by atoms with van der Waals surface area (Å²) in [5, 5.41) is 2.93. The summed E-state index contributed by atoms with van der Waals surface area (Å²) in [4.78, 5) is 12.2. The van der Waals surface area contributed by atoms with Crippen molar-refractivity contribution in [3.8, 4) is 0 Å². The third-order valence-corrected chi connectivity index (χ3v) is 3.36. The second-order valence-electron chi connectivity index (χ2n) is 4.49. The van der Waals surface area contributed by atoms with Crippen molar-refractivity contribution in [3.63, 3.8) is 0 Å². The Bertz CT molecular complexity index is 598. The lowest BCUT2D eigenvalue weighted by Crippen LogP contribution is -2.14. The van der Waals surface area contributed by atoms with Gasteiger partial charge in [0.2, 0.25) is 0 Å². The number of carbonyl (C=O) groups is 1. The molecule has 19 heavy (non-hydrogen) atoms. The molecule has 0 spiro atoms. The van der Waals surface area contributed by atoms with Gasteiger partial charge in [0.25, 0.3) is 5.91 Å². The Hall–Kier alpha value is -1.81. The first-order valence-corrected chi connectivity index (χ1v) is 6.70. The van der Waals surface area contributed by atoms with Gasteiger partial charge < -0.3 is 11.1 Å². The average Bonchev–Trinajstić information content (AvgIpc) is 2.32. The van der Waals surface area contributed by atoms with E-state index in [-0.39, 0.29) is 5.91 Å². The van der Waals surface area contributed by atoms with Gasteiger partial charge in [0, 0.05) is 21.4 Å². The van der Waals surface area contributed by atoms with E-state index in [1.165, 1.54) is 0 Å². The van der Waals surface area contributed by atoms with Gasteiger partial charge in [-0.1, -0.05) is 34.1 Å². The monoisotopic (exact) mass is 318 g/mol. The van der Waals surface area contributed by atoms with Gasteiger partial charge in [0.1, 0.15) is 0 Å². The number of anilines is 2. The third-order valence-electron chi connectivity index (χ3n) is 2.90. The molecule has 0 heterocycles. The number of nitrogens with two attached hydrogens (primary N) is 1. The molecule has 2 aromatic carbocycles. The standard InChI is InChI=1S/C15H15BrN2O/c1-9-4-3-5-10(2)14(9)18-15(19)11-6-12(16)8-13(17)7-11/h3-8H,17H2,1-2H3,(H,18,19). The molecule has 4 heteroatoms. The molecule has 98 valence electrons. The van der Waals surface area contributed by atoms with Crippen molar-refractivity contribution in [2.45, 2.75) is 13.8 Å². The first-order chi connectivity index (χ1) is 8.97. The van der Waals surface area contributed by atoms with Crippen LogP contribution in [0.4, 0.5) is 11.4 Å². The molecule has 1 amide bonds. The van der Waals surface area contributed by atoms with Crippen LogP contribution in [0.3, 0.4) is 0 Å². The zero-order valence-electron chi connectivity index (χ0n) is 10.8. The summed E-state index contributed by atoms with van der Waals surface area (Å²) in [6.45, 7) is 3.94. The summed E-state index contributed by atoms with van der Waals surface area (Å²) in [5.41, 5.74) is 9.76. The minimum atomic E-state index is -0.162. The zero-order chi connectivity index (χ0) is 14.0. The number of hydrogen-bond donors (Lipinski definition) is 2. The number of benzene rings is 2. The van der Waals surface area contributed by atoms with Crippen LogP contribution >= 0.6 is 15.9 Å². The van der Waals surface area contributed by atoms with Crippen LogP contribution in [0.25, 0.3) is 0 Å². The summed E-state index contributed by atoms with van der Waals surface area (Å²) in [6.07, 6.45) is 0. The molecule has 0 aliphatic carbocycles. The fourth-order valence-corrected chi connectivity index (χ4v) is 2.45. The molecule has 0 saturated carbocycles. The maximum atomic E-state index is 12.2. The number of hydrogen-bond acceptors (Lipinski definition) is 2. The van der Waals surface area contributed by atoms with Crippen LogP contribution in [0.15, 0.2) is 40.9 Å². The van der Waals surface area contributed by atoms with Gasteiger partial charge in [-0.15, -0.1) is 0 Å². The lowest BCUT2D eigenvalue weighted by molar-refractivity contribution is 0.102. The number of amides is 1. The van der Waals surface area contributed by atoms with Crippen molar-refractivity contribution in [1.82, 2.24) is 0 Å². The van der Waals surface area contributed by atoms with Gasteiger partial charge in [-0.2, -0.15) is 0 Å². The Labute approximate surface area is 121 Å². The van der Waals surface area contributed by atoms with E-state index >= 15 is 0 Å². The fraction of sp³-hybridized carbons (Fsp3) is 0.133. The van der Waals surface area contributed by atoms with Crippen molar-refractivity contribution in [2.24, 2.45) is 0 Å². The predicted octanol–water partition coefficient (Wildman–Crippen LogP) is 3.90. The minimum absolute atomic E-state index is 0.162. The number of halogens is 1. The first kappa shape index (κ1) is 13.6. The highest BCUT2D eigenvalue weighted by Gasteiger charge is 2.10. The van der Waals surface area contributed by atoms with E-state index in [2.05, 4.69) is 21.2 Å². The second kappa shape index (κ2) is 5.45. The van der Waals surface area contributed by atoms with Crippen molar-refractivity contribution >= 4 is 33.2 Å². The number of aryl methyl sites for hydroxylation is 2. The van der Waals surface area contributed by atoms with Gasteiger partial charge in [-0.3, -0.25) is 4.79 Å². The molecule has 0 atom stereocenters. The maximum Gasteiger partial charge on any atom is 0.255 e. The Balaban J connectivity index is 2.31. The molecule has 0 aliphatic rings. The topological polar surface area (TPSA) is 55.1 Å². The summed E-state index contributed by atoms with van der Waals surface area (Å²) in [5.74, 6) is -0.162. The number of nitrogen functional groups attached to an aromatic ring is 1. The Morgan fingerprint density at radius 3 is 2.37 bits per heavy atom. The largest absolute Gasteiger partial charge is 0.399 e. The molecule has 3 nitrogen and oxygen atoms in total. The highest BCUT2D eigenvalue weighted by molar-refractivity contribution is 9.10.